The predicted octanol–water partition coefficient (Wildman–Crippen LogP) is 3.46. The molecule has 2 N–H and O–H groups in total. The number of nitrogen functional groups attached to an aromatic ring is 1. The number of fused-ring (bicyclic) bond motifs is 1. The average molecular weight is 297 g/mol. The molecule has 0 saturated heterocycles. The highest BCUT2D eigenvalue weighted by molar-refractivity contribution is 7.21. The third-order valence-electron chi connectivity index (χ3n) is 3.42. The Bertz CT molecular complexity index is 808. The maximum absolute atomic E-state index is 12.6. The molecule has 0 bridgehead atoms. The second-order valence-electron chi connectivity index (χ2n) is 4.90. The van der Waals surface area contributed by atoms with E-state index in [2.05, 4.69) is 4.98 Å². The molecule has 1 amide bonds. The number of benzene rings is 1. The van der Waals surface area contributed by atoms with Crippen molar-refractivity contribution in [3.8, 4) is 0 Å². The topological polar surface area (TPSA) is 59.2 Å². The number of anilines is 2. The summed E-state index contributed by atoms with van der Waals surface area (Å²) < 4.78 is 0. The molecule has 5 heteroatoms. The number of aryl methyl sites for hydroxylation is 1. The van der Waals surface area contributed by atoms with Crippen LogP contribution in [0.15, 0.2) is 42.6 Å². The zero-order valence-corrected chi connectivity index (χ0v) is 12.6. The number of nitrogens with two attached hydrogens (primary N) is 1. The Balaban J connectivity index is 2.00. The molecule has 1 aromatic carbocycles. The van der Waals surface area contributed by atoms with Gasteiger partial charge in [-0.25, -0.2) is 4.98 Å². The van der Waals surface area contributed by atoms with E-state index in [4.69, 9.17) is 5.73 Å². The van der Waals surface area contributed by atoms with E-state index in [-0.39, 0.29) is 5.91 Å². The van der Waals surface area contributed by atoms with Crippen molar-refractivity contribution in [3.63, 3.8) is 0 Å². The number of amides is 1. The molecule has 0 unspecified atom stereocenters. The third kappa shape index (κ3) is 2.36. The van der Waals surface area contributed by atoms with Crippen LogP contribution >= 0.6 is 11.3 Å². The average Bonchev–Trinajstić information content (AvgIpc) is 2.84. The Morgan fingerprint density at radius 3 is 2.62 bits per heavy atom. The van der Waals surface area contributed by atoms with Crippen LogP contribution in [0, 0.1) is 6.92 Å². The molecule has 106 valence electrons. The normalized spacial score (nSPS) is 10.8. The highest BCUT2D eigenvalue weighted by Crippen LogP contribution is 2.33. The number of nitrogens with zero attached hydrogens (tertiary/aromatic N) is 2. The van der Waals surface area contributed by atoms with Gasteiger partial charge in [0.15, 0.2) is 0 Å². The Labute approximate surface area is 126 Å². The smallest absolute Gasteiger partial charge is 0.270 e. The standard InChI is InChI=1S/C16H15N3OS/c1-10-5-7-11(8-6-10)19(2)16(20)14-13(17)12-4-3-9-18-15(12)21-14/h3-9H,17H2,1-2H3. The molecule has 2 aromatic heterocycles. The number of aromatic nitrogens is 1. The summed E-state index contributed by atoms with van der Waals surface area (Å²) in [6.45, 7) is 2.02. The van der Waals surface area contributed by atoms with Gasteiger partial charge in [-0.15, -0.1) is 11.3 Å². The van der Waals surface area contributed by atoms with Crippen LogP contribution in [0.25, 0.3) is 10.2 Å². The number of hydrogen-bond acceptors (Lipinski definition) is 4. The van der Waals surface area contributed by atoms with Crippen molar-refractivity contribution in [2.75, 3.05) is 17.7 Å². The minimum absolute atomic E-state index is 0.112. The van der Waals surface area contributed by atoms with E-state index in [1.807, 2.05) is 43.3 Å². The number of carbonyl (C=O) groups excluding carboxylic acids is 1. The molecule has 0 saturated carbocycles. The molecule has 0 fully saturated rings. The van der Waals surface area contributed by atoms with Crippen molar-refractivity contribution in [3.05, 3.63) is 53.0 Å². The summed E-state index contributed by atoms with van der Waals surface area (Å²) in [6, 6.07) is 11.5. The molecule has 4 nitrogen and oxygen atoms in total. The van der Waals surface area contributed by atoms with Gasteiger partial charge in [0.2, 0.25) is 0 Å². The van der Waals surface area contributed by atoms with Crippen LogP contribution in [0.1, 0.15) is 15.2 Å². The van der Waals surface area contributed by atoms with E-state index in [9.17, 15) is 4.79 Å². The van der Waals surface area contributed by atoms with E-state index >= 15 is 0 Å². The summed E-state index contributed by atoms with van der Waals surface area (Å²) in [4.78, 5) is 19.8. The van der Waals surface area contributed by atoms with Crippen LogP contribution in [0.2, 0.25) is 0 Å². The maximum atomic E-state index is 12.6. The van der Waals surface area contributed by atoms with E-state index < -0.39 is 0 Å². The molecule has 0 aliphatic carbocycles. The number of carbonyl (C=O) groups is 1. The van der Waals surface area contributed by atoms with E-state index in [1.54, 1.807) is 18.1 Å². The highest BCUT2D eigenvalue weighted by atomic mass is 32.1. The first-order valence-electron chi connectivity index (χ1n) is 6.55. The number of pyridine rings is 1. The van der Waals surface area contributed by atoms with Crippen molar-refractivity contribution < 1.29 is 4.79 Å². The zero-order valence-electron chi connectivity index (χ0n) is 11.8. The molecular weight excluding hydrogens is 282 g/mol. The van der Waals surface area contributed by atoms with Crippen LogP contribution in [0.3, 0.4) is 0 Å². The molecular formula is C16H15N3OS. The molecule has 0 atom stereocenters. The molecule has 0 radical (unpaired) electrons. The van der Waals surface area contributed by atoms with Gasteiger partial charge in [0.1, 0.15) is 9.71 Å². The van der Waals surface area contributed by atoms with Crippen molar-refractivity contribution >= 4 is 38.8 Å². The Kier molecular flexibility index (Phi) is 3.35. The molecule has 0 spiro atoms. The van der Waals surface area contributed by atoms with Gasteiger partial charge in [-0.3, -0.25) is 4.79 Å². The Hall–Kier alpha value is -2.40. The van der Waals surface area contributed by atoms with Gasteiger partial charge in [0.25, 0.3) is 5.91 Å². The monoisotopic (exact) mass is 297 g/mol. The van der Waals surface area contributed by atoms with Gasteiger partial charge in [-0.05, 0) is 31.2 Å². The molecule has 3 aromatic rings. The highest BCUT2D eigenvalue weighted by Gasteiger charge is 2.21. The van der Waals surface area contributed by atoms with Crippen LogP contribution in [0.4, 0.5) is 11.4 Å². The summed E-state index contributed by atoms with van der Waals surface area (Å²) >= 11 is 1.33. The van der Waals surface area contributed by atoms with Gasteiger partial charge in [-0.1, -0.05) is 17.7 Å². The largest absolute Gasteiger partial charge is 0.397 e. The third-order valence-corrected chi connectivity index (χ3v) is 4.54. The predicted molar refractivity (Wildman–Crippen MR) is 87.9 cm³/mol. The zero-order chi connectivity index (χ0) is 15.0. The van der Waals surface area contributed by atoms with Crippen molar-refractivity contribution in [2.45, 2.75) is 6.92 Å². The first-order valence-corrected chi connectivity index (χ1v) is 7.37. The molecule has 2 heterocycles. The second kappa shape index (κ2) is 5.18. The van der Waals surface area contributed by atoms with E-state index in [1.165, 1.54) is 11.3 Å². The molecule has 0 aliphatic heterocycles. The Morgan fingerprint density at radius 1 is 1.24 bits per heavy atom. The minimum atomic E-state index is -0.112. The van der Waals surface area contributed by atoms with Gasteiger partial charge in [0.05, 0.1) is 5.69 Å². The Morgan fingerprint density at radius 2 is 1.95 bits per heavy atom. The summed E-state index contributed by atoms with van der Waals surface area (Å²) in [5, 5.41) is 0.836. The van der Waals surface area contributed by atoms with Crippen molar-refractivity contribution in [1.82, 2.24) is 4.98 Å². The first kappa shape index (κ1) is 13.6. The first-order chi connectivity index (χ1) is 10.1. The lowest BCUT2D eigenvalue weighted by Crippen LogP contribution is -2.26. The number of rotatable bonds is 2. The van der Waals surface area contributed by atoms with Crippen LogP contribution in [0.5, 0.6) is 0 Å². The fraction of sp³-hybridized carbons (Fsp3) is 0.125. The van der Waals surface area contributed by atoms with Crippen LogP contribution in [-0.4, -0.2) is 17.9 Å². The fourth-order valence-electron chi connectivity index (χ4n) is 2.15. The van der Waals surface area contributed by atoms with E-state index in [0.29, 0.717) is 10.6 Å². The van der Waals surface area contributed by atoms with Gasteiger partial charge >= 0.3 is 0 Å². The molecule has 3 rings (SSSR count). The quantitative estimate of drug-likeness (QED) is 0.788. The van der Waals surface area contributed by atoms with Crippen molar-refractivity contribution in [1.29, 1.82) is 0 Å². The number of thiophene rings is 1. The maximum Gasteiger partial charge on any atom is 0.270 e. The fourth-order valence-corrected chi connectivity index (χ4v) is 3.19. The van der Waals surface area contributed by atoms with E-state index in [0.717, 1.165) is 21.5 Å². The lowest BCUT2D eigenvalue weighted by atomic mass is 10.2. The van der Waals surface area contributed by atoms with Crippen LogP contribution in [-0.2, 0) is 0 Å². The van der Waals surface area contributed by atoms with Crippen LogP contribution < -0.4 is 10.6 Å². The lowest BCUT2D eigenvalue weighted by Gasteiger charge is -2.17. The second-order valence-corrected chi connectivity index (χ2v) is 5.90. The van der Waals surface area contributed by atoms with Gasteiger partial charge < -0.3 is 10.6 Å². The summed E-state index contributed by atoms with van der Waals surface area (Å²) in [5.41, 5.74) is 8.61. The molecule has 21 heavy (non-hydrogen) atoms. The van der Waals surface area contributed by atoms with Gasteiger partial charge in [0, 0.05) is 24.3 Å². The summed E-state index contributed by atoms with van der Waals surface area (Å²) in [6.07, 6.45) is 1.70. The summed E-state index contributed by atoms with van der Waals surface area (Å²) in [5.74, 6) is -0.112. The SMILES string of the molecule is Cc1ccc(N(C)C(=O)c2sc3ncccc3c2N)cc1. The number of hydrogen-bond donors (Lipinski definition) is 1. The van der Waals surface area contributed by atoms with Crippen molar-refractivity contribution in [2.24, 2.45) is 0 Å². The summed E-state index contributed by atoms with van der Waals surface area (Å²) in [7, 11) is 1.75. The lowest BCUT2D eigenvalue weighted by molar-refractivity contribution is 0.0997. The minimum Gasteiger partial charge on any atom is -0.397 e. The van der Waals surface area contributed by atoms with Gasteiger partial charge in [-0.2, -0.15) is 0 Å². The molecule has 0 aliphatic rings.